The molecule has 0 saturated heterocycles. The van der Waals surface area contributed by atoms with Crippen molar-refractivity contribution < 1.29 is 9.13 Å². The molecule has 0 amide bonds. The van der Waals surface area contributed by atoms with Crippen molar-refractivity contribution in [1.82, 2.24) is 9.97 Å². The molecule has 0 bridgehead atoms. The number of aryl methyl sites for hydroxylation is 1. The summed E-state index contributed by atoms with van der Waals surface area (Å²) in [5.74, 6) is 0.846. The fourth-order valence-electron chi connectivity index (χ4n) is 2.15. The molecule has 2 aromatic rings. The van der Waals surface area contributed by atoms with E-state index in [0.717, 1.165) is 11.3 Å². The fraction of sp³-hybridized carbons (Fsp3) is 0.375. The first-order valence-electron chi connectivity index (χ1n) is 7.06. The molecule has 0 N–H and O–H groups in total. The highest BCUT2D eigenvalue weighted by molar-refractivity contribution is 5.42. The van der Waals surface area contributed by atoms with Gasteiger partial charge >= 0.3 is 0 Å². The standard InChI is InChI=1S/C16H20FN3O/c1-4-14-15(17)16(19-11-18-14)20(5-2)10-12-6-8-13(21-3)9-7-12/h6-9,11H,4-5,10H2,1-3H3. The van der Waals surface area contributed by atoms with Crippen molar-refractivity contribution in [1.29, 1.82) is 0 Å². The number of rotatable bonds is 6. The third-order valence-corrected chi connectivity index (χ3v) is 3.39. The molecule has 0 atom stereocenters. The van der Waals surface area contributed by atoms with E-state index in [0.29, 0.717) is 31.0 Å². The SMILES string of the molecule is CCc1ncnc(N(CC)Cc2ccc(OC)cc2)c1F. The molecular formula is C16H20FN3O. The highest BCUT2D eigenvalue weighted by Gasteiger charge is 2.15. The Morgan fingerprint density at radius 2 is 1.86 bits per heavy atom. The topological polar surface area (TPSA) is 38.2 Å². The van der Waals surface area contributed by atoms with Gasteiger partial charge in [-0.1, -0.05) is 19.1 Å². The number of nitrogens with zero attached hydrogens (tertiary/aromatic N) is 3. The van der Waals surface area contributed by atoms with Crippen molar-refractivity contribution in [3.8, 4) is 5.75 Å². The molecule has 0 unspecified atom stereocenters. The van der Waals surface area contributed by atoms with E-state index < -0.39 is 0 Å². The molecule has 4 nitrogen and oxygen atoms in total. The lowest BCUT2D eigenvalue weighted by Crippen LogP contribution is -2.25. The minimum absolute atomic E-state index is 0.324. The minimum atomic E-state index is -0.324. The number of halogens is 1. The monoisotopic (exact) mass is 289 g/mol. The summed E-state index contributed by atoms with van der Waals surface area (Å²) >= 11 is 0. The first kappa shape index (κ1) is 15.2. The molecule has 5 heteroatoms. The molecule has 21 heavy (non-hydrogen) atoms. The van der Waals surface area contributed by atoms with Crippen LogP contribution in [0.1, 0.15) is 25.1 Å². The summed E-state index contributed by atoms with van der Waals surface area (Å²) in [6, 6.07) is 7.75. The van der Waals surface area contributed by atoms with Gasteiger partial charge in [0.25, 0.3) is 0 Å². The largest absolute Gasteiger partial charge is 0.497 e. The molecule has 1 aromatic carbocycles. The third kappa shape index (κ3) is 3.48. The lowest BCUT2D eigenvalue weighted by atomic mass is 10.2. The normalized spacial score (nSPS) is 10.5. The van der Waals surface area contributed by atoms with Crippen molar-refractivity contribution in [2.45, 2.75) is 26.8 Å². The van der Waals surface area contributed by atoms with Gasteiger partial charge in [-0.25, -0.2) is 14.4 Å². The van der Waals surface area contributed by atoms with Crippen molar-refractivity contribution in [2.75, 3.05) is 18.6 Å². The second-order valence-electron chi connectivity index (χ2n) is 4.67. The van der Waals surface area contributed by atoms with Crippen molar-refractivity contribution in [3.05, 3.63) is 47.7 Å². The highest BCUT2D eigenvalue weighted by atomic mass is 19.1. The van der Waals surface area contributed by atoms with Gasteiger partial charge in [-0.2, -0.15) is 0 Å². The van der Waals surface area contributed by atoms with Gasteiger partial charge in [0.2, 0.25) is 0 Å². The van der Waals surface area contributed by atoms with Crippen LogP contribution in [-0.2, 0) is 13.0 Å². The van der Waals surface area contributed by atoms with Crippen LogP contribution in [0.5, 0.6) is 5.75 Å². The van der Waals surface area contributed by atoms with Crippen LogP contribution in [0, 0.1) is 5.82 Å². The van der Waals surface area contributed by atoms with Gasteiger partial charge in [0.05, 0.1) is 12.8 Å². The predicted octanol–water partition coefficient (Wildman–Crippen LogP) is 3.21. The Hall–Kier alpha value is -2.17. The van der Waals surface area contributed by atoms with Crippen LogP contribution < -0.4 is 9.64 Å². The maximum atomic E-state index is 14.3. The summed E-state index contributed by atoms with van der Waals surface area (Å²) in [6.07, 6.45) is 1.98. The number of benzene rings is 1. The third-order valence-electron chi connectivity index (χ3n) is 3.39. The van der Waals surface area contributed by atoms with E-state index in [1.54, 1.807) is 7.11 Å². The molecule has 112 valence electrons. The summed E-state index contributed by atoms with van der Waals surface area (Å²) in [5, 5.41) is 0. The van der Waals surface area contributed by atoms with E-state index in [2.05, 4.69) is 9.97 Å². The summed E-state index contributed by atoms with van der Waals surface area (Å²) in [4.78, 5) is 9.98. The smallest absolute Gasteiger partial charge is 0.187 e. The van der Waals surface area contributed by atoms with Crippen LogP contribution in [0.2, 0.25) is 0 Å². The molecule has 0 saturated carbocycles. The Balaban J connectivity index is 2.23. The molecule has 1 heterocycles. The maximum Gasteiger partial charge on any atom is 0.187 e. The number of ether oxygens (including phenoxy) is 1. The Bertz CT molecular complexity index is 587. The Labute approximate surface area is 124 Å². The van der Waals surface area contributed by atoms with Gasteiger partial charge < -0.3 is 9.64 Å². The molecule has 0 aliphatic carbocycles. The van der Waals surface area contributed by atoms with E-state index in [9.17, 15) is 4.39 Å². The van der Waals surface area contributed by atoms with Gasteiger partial charge in [0.1, 0.15) is 12.1 Å². The molecule has 0 radical (unpaired) electrons. The second kappa shape index (κ2) is 7.02. The van der Waals surface area contributed by atoms with Crippen molar-refractivity contribution in [3.63, 3.8) is 0 Å². The van der Waals surface area contributed by atoms with Crippen LogP contribution >= 0.6 is 0 Å². The van der Waals surface area contributed by atoms with Crippen LogP contribution in [0.3, 0.4) is 0 Å². The van der Waals surface area contributed by atoms with Gasteiger partial charge in [-0.05, 0) is 31.0 Å². The second-order valence-corrected chi connectivity index (χ2v) is 4.67. The number of anilines is 1. The average Bonchev–Trinajstić information content (AvgIpc) is 2.54. The number of aromatic nitrogens is 2. The summed E-state index contributed by atoms with van der Waals surface area (Å²) in [6.45, 7) is 5.13. The van der Waals surface area contributed by atoms with Crippen LogP contribution in [0.15, 0.2) is 30.6 Å². The van der Waals surface area contributed by atoms with E-state index in [-0.39, 0.29) is 5.82 Å². The molecule has 1 aromatic heterocycles. The highest BCUT2D eigenvalue weighted by Crippen LogP contribution is 2.21. The quantitative estimate of drug-likeness (QED) is 0.818. The zero-order valence-corrected chi connectivity index (χ0v) is 12.6. The van der Waals surface area contributed by atoms with E-state index in [1.165, 1.54) is 6.33 Å². The van der Waals surface area contributed by atoms with Gasteiger partial charge in [0, 0.05) is 13.1 Å². The van der Waals surface area contributed by atoms with E-state index >= 15 is 0 Å². The van der Waals surface area contributed by atoms with E-state index in [1.807, 2.05) is 43.0 Å². The number of methoxy groups -OCH3 is 1. The van der Waals surface area contributed by atoms with Gasteiger partial charge in [0.15, 0.2) is 11.6 Å². The maximum absolute atomic E-state index is 14.3. The van der Waals surface area contributed by atoms with Crippen LogP contribution in [-0.4, -0.2) is 23.6 Å². The van der Waals surface area contributed by atoms with Crippen LogP contribution in [0.4, 0.5) is 10.2 Å². The molecule has 0 aliphatic rings. The summed E-state index contributed by atoms with van der Waals surface area (Å²) in [7, 11) is 1.63. The minimum Gasteiger partial charge on any atom is -0.497 e. The fourth-order valence-corrected chi connectivity index (χ4v) is 2.15. The van der Waals surface area contributed by atoms with Crippen molar-refractivity contribution >= 4 is 5.82 Å². The Kier molecular flexibility index (Phi) is 5.09. The molecule has 0 aliphatic heterocycles. The zero-order valence-electron chi connectivity index (χ0n) is 12.6. The van der Waals surface area contributed by atoms with Crippen LogP contribution in [0.25, 0.3) is 0 Å². The molecule has 2 rings (SSSR count). The molecule has 0 fully saturated rings. The van der Waals surface area contributed by atoms with E-state index in [4.69, 9.17) is 4.74 Å². The zero-order chi connectivity index (χ0) is 15.2. The Morgan fingerprint density at radius 1 is 1.14 bits per heavy atom. The average molecular weight is 289 g/mol. The first-order valence-corrected chi connectivity index (χ1v) is 7.06. The molecular weight excluding hydrogens is 269 g/mol. The number of hydrogen-bond donors (Lipinski definition) is 0. The van der Waals surface area contributed by atoms with Gasteiger partial charge in [-0.3, -0.25) is 0 Å². The number of hydrogen-bond acceptors (Lipinski definition) is 4. The van der Waals surface area contributed by atoms with Crippen molar-refractivity contribution in [2.24, 2.45) is 0 Å². The summed E-state index contributed by atoms with van der Waals surface area (Å²) in [5.41, 5.74) is 1.53. The Morgan fingerprint density at radius 3 is 2.43 bits per heavy atom. The predicted molar refractivity (Wildman–Crippen MR) is 81.1 cm³/mol. The lowest BCUT2D eigenvalue weighted by Gasteiger charge is -2.23. The summed E-state index contributed by atoms with van der Waals surface area (Å²) < 4.78 is 19.5. The lowest BCUT2D eigenvalue weighted by molar-refractivity contribution is 0.414. The van der Waals surface area contributed by atoms with Gasteiger partial charge in [-0.15, -0.1) is 0 Å². The molecule has 0 spiro atoms. The first-order chi connectivity index (χ1) is 10.2.